The molecule has 3 aromatic carbocycles. The van der Waals surface area contributed by atoms with Crippen molar-refractivity contribution in [3.05, 3.63) is 89.5 Å². The van der Waals surface area contributed by atoms with E-state index in [-0.39, 0.29) is 10.9 Å². The number of hydrogen-bond acceptors (Lipinski definition) is 2. The van der Waals surface area contributed by atoms with Crippen LogP contribution in [0.1, 0.15) is 23.1 Å². The Balaban J connectivity index is 1.35. The molecule has 7 heteroatoms. The third-order valence-electron chi connectivity index (χ3n) is 5.73. The number of halogens is 3. The molecule has 2 unspecified atom stereocenters. The fourth-order valence-corrected chi connectivity index (χ4v) is 5.17. The van der Waals surface area contributed by atoms with Crippen molar-refractivity contribution >= 4 is 11.0 Å². The molecule has 1 fully saturated rings. The Hall–Kier alpha value is -2.48. The molecular formula is C25H25F3N2OS. The highest BCUT2D eigenvalue weighted by atomic mass is 32.2. The summed E-state index contributed by atoms with van der Waals surface area (Å²) in [6.45, 7) is 4.00. The lowest BCUT2D eigenvalue weighted by Gasteiger charge is -2.17. The number of rotatable bonds is 6. The van der Waals surface area contributed by atoms with E-state index in [1.807, 2.05) is 18.2 Å². The average Bonchev–Trinajstić information content (AvgIpc) is 3.21. The zero-order valence-corrected chi connectivity index (χ0v) is 18.5. The Morgan fingerprint density at radius 2 is 1.69 bits per heavy atom. The normalized spacial score (nSPS) is 18.1. The Morgan fingerprint density at radius 1 is 1.00 bits per heavy atom. The Bertz CT molecular complexity index is 1080. The Morgan fingerprint density at radius 3 is 2.38 bits per heavy atom. The molecule has 0 amide bonds. The van der Waals surface area contributed by atoms with E-state index in [2.05, 4.69) is 46.0 Å². The van der Waals surface area contributed by atoms with Gasteiger partial charge in [0.05, 0.1) is 10.5 Å². The zero-order valence-electron chi connectivity index (χ0n) is 17.7. The molecule has 168 valence electrons. The summed E-state index contributed by atoms with van der Waals surface area (Å²) in [5.74, 6) is 0. The zero-order chi connectivity index (χ0) is 22.7. The molecular weight excluding hydrogens is 433 g/mol. The van der Waals surface area contributed by atoms with Crippen molar-refractivity contribution in [2.45, 2.75) is 37.0 Å². The van der Waals surface area contributed by atoms with Crippen molar-refractivity contribution < 1.29 is 17.4 Å². The minimum Gasteiger partial charge on any atom is -0.297 e. The molecule has 0 bridgehead atoms. The first-order chi connectivity index (χ1) is 15.3. The fraction of sp³-hybridized carbons (Fsp3) is 0.280. The average molecular weight is 459 g/mol. The van der Waals surface area contributed by atoms with Crippen LogP contribution in [0.15, 0.2) is 77.7 Å². The minimum atomic E-state index is -4.45. The Kier molecular flexibility index (Phi) is 6.79. The SMILES string of the molecule is Cc1ccc(C(F)(F)F)cc1S(=O)NC1CCN(Cc2ccc(-c3ccccc3)cc2)C1. The molecule has 0 radical (unpaired) electrons. The topological polar surface area (TPSA) is 32.3 Å². The summed E-state index contributed by atoms with van der Waals surface area (Å²) < 4.78 is 54.8. The molecule has 32 heavy (non-hydrogen) atoms. The fourth-order valence-electron chi connectivity index (χ4n) is 3.95. The van der Waals surface area contributed by atoms with Gasteiger partial charge in [-0.2, -0.15) is 13.2 Å². The summed E-state index contributed by atoms with van der Waals surface area (Å²) in [6.07, 6.45) is -3.65. The van der Waals surface area contributed by atoms with Gasteiger partial charge in [-0.05, 0) is 47.7 Å². The van der Waals surface area contributed by atoms with Gasteiger partial charge in [-0.1, -0.05) is 60.7 Å². The summed E-state index contributed by atoms with van der Waals surface area (Å²) >= 11 is 0. The van der Waals surface area contributed by atoms with Crippen LogP contribution in [-0.4, -0.2) is 28.2 Å². The molecule has 3 aromatic rings. The van der Waals surface area contributed by atoms with Crippen molar-refractivity contribution in [2.75, 3.05) is 13.1 Å². The van der Waals surface area contributed by atoms with Crippen molar-refractivity contribution in [3.63, 3.8) is 0 Å². The molecule has 0 spiro atoms. The highest BCUT2D eigenvalue weighted by Crippen LogP contribution is 2.31. The van der Waals surface area contributed by atoms with Gasteiger partial charge in [0.15, 0.2) is 0 Å². The number of aryl methyl sites for hydroxylation is 1. The molecule has 2 atom stereocenters. The molecule has 0 aliphatic carbocycles. The summed E-state index contributed by atoms with van der Waals surface area (Å²) in [7, 11) is -1.69. The van der Waals surface area contributed by atoms with Gasteiger partial charge in [-0.25, -0.2) is 8.93 Å². The van der Waals surface area contributed by atoms with Gasteiger partial charge < -0.3 is 0 Å². The summed E-state index contributed by atoms with van der Waals surface area (Å²) in [4.78, 5) is 2.46. The largest absolute Gasteiger partial charge is 0.416 e. The van der Waals surface area contributed by atoms with Gasteiger partial charge >= 0.3 is 6.18 Å². The van der Waals surface area contributed by atoms with Gasteiger partial charge in [0.1, 0.15) is 11.0 Å². The van der Waals surface area contributed by atoms with E-state index in [1.54, 1.807) is 6.92 Å². The van der Waals surface area contributed by atoms with Crippen LogP contribution in [0.2, 0.25) is 0 Å². The van der Waals surface area contributed by atoms with Crippen LogP contribution in [0.25, 0.3) is 11.1 Å². The highest BCUT2D eigenvalue weighted by Gasteiger charge is 2.32. The summed E-state index contributed by atoms with van der Waals surface area (Å²) in [5.41, 5.74) is 3.34. The molecule has 3 nitrogen and oxygen atoms in total. The van der Waals surface area contributed by atoms with Crippen LogP contribution in [-0.2, 0) is 23.7 Å². The molecule has 4 rings (SSSR count). The first-order valence-corrected chi connectivity index (χ1v) is 11.7. The first-order valence-electron chi connectivity index (χ1n) is 10.5. The van der Waals surface area contributed by atoms with E-state index in [1.165, 1.54) is 22.8 Å². The quantitative estimate of drug-likeness (QED) is 0.524. The minimum absolute atomic E-state index is 0.0339. The van der Waals surface area contributed by atoms with Gasteiger partial charge in [0.2, 0.25) is 0 Å². The van der Waals surface area contributed by atoms with Crippen molar-refractivity contribution in [1.29, 1.82) is 0 Å². The van der Waals surface area contributed by atoms with Gasteiger partial charge in [0.25, 0.3) is 0 Å². The van der Waals surface area contributed by atoms with Crippen LogP contribution < -0.4 is 4.72 Å². The molecule has 1 N–H and O–H groups in total. The van der Waals surface area contributed by atoms with Crippen molar-refractivity contribution in [1.82, 2.24) is 9.62 Å². The van der Waals surface area contributed by atoms with Crippen LogP contribution >= 0.6 is 0 Å². The van der Waals surface area contributed by atoms with Gasteiger partial charge in [-0.15, -0.1) is 0 Å². The van der Waals surface area contributed by atoms with E-state index in [4.69, 9.17) is 0 Å². The number of alkyl halides is 3. The predicted octanol–water partition coefficient (Wildman–Crippen LogP) is 5.57. The van der Waals surface area contributed by atoms with Crippen LogP contribution in [0.4, 0.5) is 13.2 Å². The second-order valence-corrected chi connectivity index (χ2v) is 9.36. The maximum absolute atomic E-state index is 13.0. The summed E-state index contributed by atoms with van der Waals surface area (Å²) in [5, 5.41) is 0. The van der Waals surface area contributed by atoms with Crippen LogP contribution in [0.5, 0.6) is 0 Å². The van der Waals surface area contributed by atoms with Crippen molar-refractivity contribution in [3.8, 4) is 11.1 Å². The highest BCUT2D eigenvalue weighted by molar-refractivity contribution is 7.83. The second kappa shape index (κ2) is 9.57. The lowest BCUT2D eigenvalue weighted by atomic mass is 10.0. The second-order valence-electron chi connectivity index (χ2n) is 8.15. The molecule has 1 aliphatic rings. The number of nitrogens with zero attached hydrogens (tertiary/aromatic N) is 1. The third kappa shape index (κ3) is 5.46. The number of hydrogen-bond donors (Lipinski definition) is 1. The smallest absolute Gasteiger partial charge is 0.297 e. The lowest BCUT2D eigenvalue weighted by Crippen LogP contribution is -2.34. The predicted molar refractivity (Wildman–Crippen MR) is 121 cm³/mol. The molecule has 0 saturated carbocycles. The van der Waals surface area contributed by atoms with E-state index in [0.717, 1.165) is 31.6 Å². The molecule has 1 heterocycles. The van der Waals surface area contributed by atoms with E-state index < -0.39 is 22.7 Å². The van der Waals surface area contributed by atoms with Gasteiger partial charge in [-0.3, -0.25) is 4.90 Å². The standard InChI is InChI=1S/C25H25F3N2OS/c1-18-7-12-22(25(26,27)28)15-24(18)32(31)29-23-13-14-30(17-23)16-19-8-10-21(11-9-19)20-5-3-2-4-6-20/h2-12,15,23,29H,13-14,16-17H2,1H3. The maximum Gasteiger partial charge on any atom is 0.416 e. The Labute approximate surface area is 188 Å². The molecule has 1 saturated heterocycles. The number of nitrogens with one attached hydrogen (secondary N) is 1. The third-order valence-corrected chi connectivity index (χ3v) is 7.12. The number of likely N-dealkylation sites (tertiary alicyclic amines) is 1. The maximum atomic E-state index is 13.0. The van der Waals surface area contributed by atoms with Gasteiger partial charge in [0, 0.05) is 25.7 Å². The molecule has 1 aliphatic heterocycles. The van der Waals surface area contributed by atoms with Crippen LogP contribution in [0.3, 0.4) is 0 Å². The van der Waals surface area contributed by atoms with E-state index in [9.17, 15) is 17.4 Å². The van der Waals surface area contributed by atoms with E-state index in [0.29, 0.717) is 12.1 Å². The van der Waals surface area contributed by atoms with Crippen LogP contribution in [0, 0.1) is 6.92 Å². The first kappa shape index (κ1) is 22.7. The monoisotopic (exact) mass is 458 g/mol. The summed E-state index contributed by atoms with van der Waals surface area (Å²) in [6, 6.07) is 22.0. The molecule has 0 aromatic heterocycles. The van der Waals surface area contributed by atoms with E-state index >= 15 is 0 Å². The lowest BCUT2D eigenvalue weighted by molar-refractivity contribution is -0.137. The number of benzene rings is 3. The van der Waals surface area contributed by atoms with Crippen molar-refractivity contribution in [2.24, 2.45) is 0 Å².